The minimum atomic E-state index is -0.620. The van der Waals surface area contributed by atoms with Crippen molar-refractivity contribution in [2.75, 3.05) is 0 Å². The van der Waals surface area contributed by atoms with E-state index in [1.807, 2.05) is 6.92 Å². The molecule has 7 heteroatoms. The van der Waals surface area contributed by atoms with E-state index in [4.69, 9.17) is 9.15 Å². The molecule has 112 valence electrons. The van der Waals surface area contributed by atoms with Crippen molar-refractivity contribution in [2.24, 2.45) is 0 Å². The summed E-state index contributed by atoms with van der Waals surface area (Å²) in [5.41, 5.74) is -0.835. The first-order valence-corrected chi connectivity index (χ1v) is 6.83. The summed E-state index contributed by atoms with van der Waals surface area (Å²) in [5, 5.41) is 9.89. The van der Waals surface area contributed by atoms with Crippen LogP contribution < -0.4 is 11.2 Å². The van der Waals surface area contributed by atoms with E-state index < -0.39 is 23.6 Å². The fourth-order valence-corrected chi connectivity index (χ4v) is 2.56. The zero-order chi connectivity index (χ0) is 15.0. The SMILES string of the molecule is CC[C@H]1O[C@@H](n2cc(-c3ccco3)c(=O)[nH]c2=O)C[C@H]1O. The first-order chi connectivity index (χ1) is 10.1. The predicted molar refractivity (Wildman–Crippen MR) is 73.8 cm³/mol. The molecular formula is C14H16N2O5. The molecule has 1 aliphatic rings. The molecule has 1 aliphatic heterocycles. The lowest BCUT2D eigenvalue weighted by molar-refractivity contribution is -0.0217. The van der Waals surface area contributed by atoms with Crippen LogP contribution in [0.3, 0.4) is 0 Å². The van der Waals surface area contributed by atoms with Gasteiger partial charge in [0.15, 0.2) is 0 Å². The highest BCUT2D eigenvalue weighted by atomic mass is 16.5. The summed E-state index contributed by atoms with van der Waals surface area (Å²) in [5.74, 6) is 0.371. The molecule has 2 aromatic heterocycles. The first kappa shape index (κ1) is 13.8. The Morgan fingerprint density at radius 3 is 2.90 bits per heavy atom. The second-order valence-corrected chi connectivity index (χ2v) is 5.03. The van der Waals surface area contributed by atoms with E-state index in [2.05, 4.69) is 4.98 Å². The standard InChI is InChI=1S/C14H16N2O5/c1-2-10-9(17)6-12(21-10)16-7-8(11-4-3-5-20-11)13(18)15-14(16)19/h3-5,7,9-10,12,17H,2,6H2,1H3,(H,15,18,19)/t9-,10-,12-/m1/s1. The molecule has 3 atom stereocenters. The minimum Gasteiger partial charge on any atom is -0.464 e. The van der Waals surface area contributed by atoms with Crippen LogP contribution in [-0.4, -0.2) is 26.9 Å². The van der Waals surface area contributed by atoms with Crippen LogP contribution in [0.4, 0.5) is 0 Å². The number of furan rings is 1. The van der Waals surface area contributed by atoms with Crippen LogP contribution in [0.15, 0.2) is 38.6 Å². The number of nitrogens with zero attached hydrogens (tertiary/aromatic N) is 1. The van der Waals surface area contributed by atoms with Crippen molar-refractivity contribution in [3.05, 3.63) is 45.4 Å². The summed E-state index contributed by atoms with van der Waals surface area (Å²) < 4.78 is 12.1. The third kappa shape index (κ3) is 2.45. The molecule has 0 amide bonds. The summed E-state index contributed by atoms with van der Waals surface area (Å²) in [6.07, 6.45) is 2.31. The summed E-state index contributed by atoms with van der Waals surface area (Å²) in [4.78, 5) is 26.1. The third-order valence-corrected chi connectivity index (χ3v) is 3.67. The minimum absolute atomic E-state index is 0.248. The summed E-state index contributed by atoms with van der Waals surface area (Å²) in [6.45, 7) is 1.90. The van der Waals surface area contributed by atoms with E-state index in [1.54, 1.807) is 12.1 Å². The topological polar surface area (TPSA) is 97.5 Å². The van der Waals surface area contributed by atoms with Crippen LogP contribution in [-0.2, 0) is 4.74 Å². The van der Waals surface area contributed by atoms with E-state index in [9.17, 15) is 14.7 Å². The van der Waals surface area contributed by atoms with Gasteiger partial charge < -0.3 is 14.3 Å². The smallest absolute Gasteiger partial charge is 0.330 e. The van der Waals surface area contributed by atoms with Crippen molar-refractivity contribution in [1.29, 1.82) is 0 Å². The lowest BCUT2D eigenvalue weighted by Crippen LogP contribution is -2.33. The van der Waals surface area contributed by atoms with Gasteiger partial charge in [0.05, 0.1) is 24.0 Å². The zero-order valence-corrected chi connectivity index (χ0v) is 11.5. The lowest BCUT2D eigenvalue weighted by Gasteiger charge is -2.15. The Kier molecular flexibility index (Phi) is 3.52. The maximum atomic E-state index is 12.0. The second-order valence-electron chi connectivity index (χ2n) is 5.03. The molecular weight excluding hydrogens is 276 g/mol. The van der Waals surface area contributed by atoms with E-state index >= 15 is 0 Å². The Morgan fingerprint density at radius 2 is 2.29 bits per heavy atom. The van der Waals surface area contributed by atoms with Crippen LogP contribution in [0.25, 0.3) is 11.3 Å². The Morgan fingerprint density at radius 1 is 1.48 bits per heavy atom. The van der Waals surface area contributed by atoms with Gasteiger partial charge in [0, 0.05) is 12.6 Å². The van der Waals surface area contributed by atoms with Gasteiger partial charge in [0.2, 0.25) is 0 Å². The van der Waals surface area contributed by atoms with Gasteiger partial charge >= 0.3 is 5.69 Å². The fraction of sp³-hybridized carbons (Fsp3) is 0.429. The monoisotopic (exact) mass is 292 g/mol. The third-order valence-electron chi connectivity index (χ3n) is 3.67. The largest absolute Gasteiger partial charge is 0.464 e. The van der Waals surface area contributed by atoms with Crippen molar-refractivity contribution >= 4 is 0 Å². The second kappa shape index (κ2) is 5.34. The number of aromatic amines is 1. The Balaban J connectivity index is 2.02. The molecule has 0 aromatic carbocycles. The zero-order valence-electron chi connectivity index (χ0n) is 11.5. The molecule has 0 aliphatic carbocycles. The highest BCUT2D eigenvalue weighted by molar-refractivity contribution is 5.54. The maximum Gasteiger partial charge on any atom is 0.330 e. The van der Waals surface area contributed by atoms with Crippen molar-refractivity contribution in [1.82, 2.24) is 9.55 Å². The number of H-pyrrole nitrogens is 1. The number of aliphatic hydroxyl groups is 1. The van der Waals surface area contributed by atoms with E-state index in [0.29, 0.717) is 18.6 Å². The molecule has 21 heavy (non-hydrogen) atoms. The highest BCUT2D eigenvalue weighted by Crippen LogP contribution is 2.29. The molecule has 3 heterocycles. The highest BCUT2D eigenvalue weighted by Gasteiger charge is 2.34. The van der Waals surface area contributed by atoms with E-state index in [1.165, 1.54) is 17.0 Å². The normalized spacial score (nSPS) is 25.3. The molecule has 1 saturated heterocycles. The van der Waals surface area contributed by atoms with Crippen molar-refractivity contribution < 1.29 is 14.3 Å². The molecule has 0 saturated carbocycles. The van der Waals surface area contributed by atoms with Crippen molar-refractivity contribution in [2.45, 2.75) is 38.2 Å². The molecule has 0 radical (unpaired) electrons. The molecule has 1 fully saturated rings. The van der Waals surface area contributed by atoms with Crippen LogP contribution >= 0.6 is 0 Å². The van der Waals surface area contributed by atoms with Gasteiger partial charge in [-0.3, -0.25) is 14.3 Å². The van der Waals surface area contributed by atoms with E-state index in [0.717, 1.165) is 0 Å². The van der Waals surface area contributed by atoms with Gasteiger partial charge in [0.25, 0.3) is 5.56 Å². The number of aliphatic hydroxyl groups excluding tert-OH is 1. The fourth-order valence-electron chi connectivity index (χ4n) is 2.56. The van der Waals surface area contributed by atoms with Crippen molar-refractivity contribution in [3.8, 4) is 11.3 Å². The van der Waals surface area contributed by atoms with Gasteiger partial charge in [-0.2, -0.15) is 0 Å². The quantitative estimate of drug-likeness (QED) is 0.874. The molecule has 0 bridgehead atoms. The Labute approximate surface area is 119 Å². The molecule has 7 nitrogen and oxygen atoms in total. The average molecular weight is 292 g/mol. The van der Waals surface area contributed by atoms with Crippen LogP contribution in [0.1, 0.15) is 26.0 Å². The lowest BCUT2D eigenvalue weighted by atomic mass is 10.1. The number of ether oxygens (including phenoxy) is 1. The number of nitrogens with one attached hydrogen (secondary N) is 1. The van der Waals surface area contributed by atoms with Gasteiger partial charge in [-0.05, 0) is 18.6 Å². The van der Waals surface area contributed by atoms with Crippen LogP contribution in [0.5, 0.6) is 0 Å². The van der Waals surface area contributed by atoms with Crippen LogP contribution in [0, 0.1) is 0 Å². The summed E-state index contributed by atoms with van der Waals surface area (Å²) in [7, 11) is 0. The number of hydrogen-bond acceptors (Lipinski definition) is 5. The molecule has 3 rings (SSSR count). The van der Waals surface area contributed by atoms with Gasteiger partial charge in [0.1, 0.15) is 12.0 Å². The number of hydrogen-bond donors (Lipinski definition) is 2. The number of aromatic nitrogens is 2. The average Bonchev–Trinajstić information content (AvgIpc) is 3.08. The Bertz CT molecular complexity index is 731. The summed E-state index contributed by atoms with van der Waals surface area (Å²) in [6, 6.07) is 3.30. The molecule has 0 spiro atoms. The van der Waals surface area contributed by atoms with Gasteiger partial charge in [-0.25, -0.2) is 4.79 Å². The summed E-state index contributed by atoms with van der Waals surface area (Å²) >= 11 is 0. The molecule has 2 aromatic rings. The molecule has 2 N–H and O–H groups in total. The Hall–Kier alpha value is -2.12. The van der Waals surface area contributed by atoms with E-state index in [-0.39, 0.29) is 11.7 Å². The number of rotatable bonds is 3. The van der Waals surface area contributed by atoms with Gasteiger partial charge in [-0.1, -0.05) is 6.92 Å². The first-order valence-electron chi connectivity index (χ1n) is 6.83. The van der Waals surface area contributed by atoms with Crippen LogP contribution in [0.2, 0.25) is 0 Å². The predicted octanol–water partition coefficient (Wildman–Crippen LogP) is 0.855. The maximum absolute atomic E-state index is 12.0. The molecule has 0 unspecified atom stereocenters. The van der Waals surface area contributed by atoms with Crippen molar-refractivity contribution in [3.63, 3.8) is 0 Å². The van der Waals surface area contributed by atoms with Gasteiger partial charge in [-0.15, -0.1) is 0 Å².